The summed E-state index contributed by atoms with van der Waals surface area (Å²) < 4.78 is 11.4. The molecule has 2 aromatic rings. The molecule has 0 fully saturated rings. The summed E-state index contributed by atoms with van der Waals surface area (Å²) in [5.74, 6) is 1.06. The van der Waals surface area contributed by atoms with Gasteiger partial charge in [-0.05, 0) is 38.1 Å². The first-order valence-corrected chi connectivity index (χ1v) is 8.46. The molecule has 2 aromatic carbocycles. The van der Waals surface area contributed by atoms with Gasteiger partial charge in [-0.3, -0.25) is 4.79 Å². The number of nitrogens with one attached hydrogen (secondary N) is 1. The lowest BCUT2D eigenvalue weighted by Crippen LogP contribution is -2.13. The first-order valence-electron chi connectivity index (χ1n) is 7.70. The fraction of sp³-hybridized carbons (Fsp3) is 0.278. The van der Waals surface area contributed by atoms with Gasteiger partial charge in [0.25, 0.3) is 5.91 Å². The third-order valence-electron chi connectivity index (χ3n) is 3.72. The molecule has 0 bridgehead atoms. The number of carbonyl (C=O) groups is 1. The van der Waals surface area contributed by atoms with E-state index in [1.807, 2.05) is 19.9 Å². The smallest absolute Gasteiger partial charge is 0.257 e. The number of amides is 1. The van der Waals surface area contributed by atoms with Crippen LogP contribution in [0.15, 0.2) is 30.3 Å². The van der Waals surface area contributed by atoms with Gasteiger partial charge in [0.2, 0.25) is 0 Å². The monoisotopic (exact) mass is 365 g/mol. The van der Waals surface area contributed by atoms with Gasteiger partial charge >= 0.3 is 0 Å². The molecule has 1 unspecified atom stereocenters. The molecule has 126 valence electrons. The number of hydrogen-bond acceptors (Lipinski definition) is 3. The molecule has 0 saturated heterocycles. The van der Waals surface area contributed by atoms with E-state index in [0.29, 0.717) is 33.7 Å². The SMILES string of the molecule is CCOc1cc2c(cc1NC(=O)c1ccc(Cl)cc1Cl)OC(C)C2. The highest BCUT2D eigenvalue weighted by atomic mass is 35.5. The second-order valence-electron chi connectivity index (χ2n) is 5.60. The third-order valence-corrected chi connectivity index (χ3v) is 4.27. The fourth-order valence-electron chi connectivity index (χ4n) is 2.68. The Hall–Kier alpha value is -1.91. The summed E-state index contributed by atoms with van der Waals surface area (Å²) in [5.41, 5.74) is 1.98. The number of hydrogen-bond donors (Lipinski definition) is 1. The lowest BCUT2D eigenvalue weighted by Gasteiger charge is -2.14. The molecule has 1 atom stereocenters. The molecule has 0 radical (unpaired) electrons. The van der Waals surface area contributed by atoms with Gasteiger partial charge in [0, 0.05) is 23.1 Å². The van der Waals surface area contributed by atoms with Crippen molar-refractivity contribution >= 4 is 34.8 Å². The number of rotatable bonds is 4. The molecule has 6 heteroatoms. The summed E-state index contributed by atoms with van der Waals surface area (Å²) in [6.45, 7) is 4.40. The summed E-state index contributed by atoms with van der Waals surface area (Å²) in [4.78, 5) is 12.5. The lowest BCUT2D eigenvalue weighted by atomic mass is 10.1. The predicted octanol–water partition coefficient (Wildman–Crippen LogP) is 4.97. The van der Waals surface area contributed by atoms with E-state index in [2.05, 4.69) is 5.32 Å². The van der Waals surface area contributed by atoms with Crippen LogP contribution in [-0.2, 0) is 6.42 Å². The van der Waals surface area contributed by atoms with Gasteiger partial charge in [0.15, 0.2) is 0 Å². The molecule has 0 aromatic heterocycles. The van der Waals surface area contributed by atoms with Crippen LogP contribution in [-0.4, -0.2) is 18.6 Å². The van der Waals surface area contributed by atoms with E-state index in [1.165, 1.54) is 6.07 Å². The van der Waals surface area contributed by atoms with Crippen LogP contribution in [0.3, 0.4) is 0 Å². The first-order chi connectivity index (χ1) is 11.5. The van der Waals surface area contributed by atoms with Crippen molar-refractivity contribution in [2.24, 2.45) is 0 Å². The number of benzene rings is 2. The lowest BCUT2D eigenvalue weighted by molar-refractivity contribution is 0.102. The number of carbonyl (C=O) groups excluding carboxylic acids is 1. The molecule has 1 amide bonds. The van der Waals surface area contributed by atoms with Crippen molar-refractivity contribution < 1.29 is 14.3 Å². The summed E-state index contributed by atoms with van der Waals surface area (Å²) in [5, 5.41) is 3.62. The summed E-state index contributed by atoms with van der Waals surface area (Å²) in [6, 6.07) is 8.47. The van der Waals surface area contributed by atoms with Gasteiger partial charge in [-0.2, -0.15) is 0 Å². The van der Waals surface area contributed by atoms with Crippen LogP contribution in [0, 0.1) is 0 Å². The number of halogens is 2. The van der Waals surface area contributed by atoms with Gasteiger partial charge in [-0.25, -0.2) is 0 Å². The number of ether oxygens (including phenoxy) is 2. The Balaban J connectivity index is 1.91. The molecule has 1 heterocycles. The molecular weight excluding hydrogens is 349 g/mol. The fourth-order valence-corrected chi connectivity index (χ4v) is 3.17. The van der Waals surface area contributed by atoms with E-state index in [9.17, 15) is 4.79 Å². The highest BCUT2D eigenvalue weighted by Gasteiger charge is 2.23. The van der Waals surface area contributed by atoms with E-state index in [4.69, 9.17) is 32.7 Å². The average molecular weight is 366 g/mol. The summed E-state index contributed by atoms with van der Waals surface area (Å²) in [7, 11) is 0. The van der Waals surface area contributed by atoms with Crippen molar-refractivity contribution in [1.82, 2.24) is 0 Å². The minimum atomic E-state index is -0.330. The Morgan fingerprint density at radius 1 is 1.33 bits per heavy atom. The van der Waals surface area contributed by atoms with Gasteiger partial charge < -0.3 is 14.8 Å². The molecule has 0 spiro atoms. The second-order valence-corrected chi connectivity index (χ2v) is 6.44. The van der Waals surface area contributed by atoms with Crippen LogP contribution in [0.2, 0.25) is 10.0 Å². The number of fused-ring (bicyclic) bond motifs is 1. The van der Waals surface area contributed by atoms with Gasteiger partial charge in [0.05, 0.1) is 22.9 Å². The van der Waals surface area contributed by atoms with Crippen molar-refractivity contribution in [2.75, 3.05) is 11.9 Å². The predicted molar refractivity (Wildman–Crippen MR) is 95.8 cm³/mol. The average Bonchev–Trinajstić information content (AvgIpc) is 2.86. The van der Waals surface area contributed by atoms with Crippen molar-refractivity contribution in [3.8, 4) is 11.5 Å². The Kier molecular flexibility index (Phi) is 4.88. The zero-order valence-corrected chi connectivity index (χ0v) is 14.9. The molecule has 4 nitrogen and oxygen atoms in total. The molecule has 1 aliphatic heterocycles. The Morgan fingerprint density at radius 3 is 2.83 bits per heavy atom. The molecular formula is C18H17Cl2NO3. The van der Waals surface area contributed by atoms with Gasteiger partial charge in [0.1, 0.15) is 17.6 Å². The van der Waals surface area contributed by atoms with E-state index in [1.54, 1.807) is 18.2 Å². The van der Waals surface area contributed by atoms with Crippen molar-refractivity contribution in [3.63, 3.8) is 0 Å². The molecule has 0 aliphatic carbocycles. The van der Waals surface area contributed by atoms with Crippen molar-refractivity contribution in [2.45, 2.75) is 26.4 Å². The topological polar surface area (TPSA) is 47.6 Å². The van der Waals surface area contributed by atoms with Gasteiger partial charge in [-0.15, -0.1) is 0 Å². The Bertz CT molecular complexity index is 792. The molecule has 1 N–H and O–H groups in total. The Labute approximate surface area is 150 Å². The van der Waals surface area contributed by atoms with Crippen LogP contribution in [0.1, 0.15) is 29.8 Å². The third kappa shape index (κ3) is 3.45. The van der Waals surface area contributed by atoms with E-state index < -0.39 is 0 Å². The van der Waals surface area contributed by atoms with Crippen LogP contribution >= 0.6 is 23.2 Å². The van der Waals surface area contributed by atoms with Crippen LogP contribution in [0.5, 0.6) is 11.5 Å². The molecule has 3 rings (SSSR count). The standard InChI is InChI=1S/C18H17Cl2NO3/c1-3-23-17-7-11-6-10(2)24-16(11)9-15(17)21-18(22)13-5-4-12(19)8-14(13)20/h4-5,7-10H,3,6H2,1-2H3,(H,21,22). The second kappa shape index (κ2) is 6.91. The van der Waals surface area contributed by atoms with Gasteiger partial charge in [-0.1, -0.05) is 23.2 Å². The summed E-state index contributed by atoms with van der Waals surface area (Å²) in [6.07, 6.45) is 0.943. The zero-order valence-electron chi connectivity index (χ0n) is 13.4. The molecule has 0 saturated carbocycles. The minimum absolute atomic E-state index is 0.117. The molecule has 1 aliphatic rings. The Morgan fingerprint density at radius 2 is 2.12 bits per heavy atom. The van der Waals surface area contributed by atoms with Crippen LogP contribution in [0.25, 0.3) is 0 Å². The maximum atomic E-state index is 12.5. The zero-order chi connectivity index (χ0) is 17.3. The number of anilines is 1. The highest BCUT2D eigenvalue weighted by Crippen LogP contribution is 2.38. The van der Waals surface area contributed by atoms with Crippen LogP contribution in [0.4, 0.5) is 5.69 Å². The largest absolute Gasteiger partial charge is 0.492 e. The van der Waals surface area contributed by atoms with E-state index in [0.717, 1.165) is 17.7 Å². The van der Waals surface area contributed by atoms with Crippen molar-refractivity contribution in [3.05, 3.63) is 51.5 Å². The maximum absolute atomic E-state index is 12.5. The quantitative estimate of drug-likeness (QED) is 0.831. The van der Waals surface area contributed by atoms with Crippen molar-refractivity contribution in [1.29, 1.82) is 0 Å². The summed E-state index contributed by atoms with van der Waals surface area (Å²) >= 11 is 12.0. The first kappa shape index (κ1) is 16.9. The minimum Gasteiger partial charge on any atom is -0.492 e. The van der Waals surface area contributed by atoms with E-state index in [-0.39, 0.29) is 12.0 Å². The maximum Gasteiger partial charge on any atom is 0.257 e. The normalized spacial score (nSPS) is 15.6. The molecule has 24 heavy (non-hydrogen) atoms. The van der Waals surface area contributed by atoms with E-state index >= 15 is 0 Å². The van der Waals surface area contributed by atoms with Crippen LogP contribution < -0.4 is 14.8 Å². The highest BCUT2D eigenvalue weighted by molar-refractivity contribution is 6.37.